The van der Waals surface area contributed by atoms with E-state index in [4.69, 9.17) is 10.5 Å². The summed E-state index contributed by atoms with van der Waals surface area (Å²) in [5.41, 5.74) is 9.20. The first-order valence-electron chi connectivity index (χ1n) is 7.22. The number of hydrogen-bond donors (Lipinski definition) is 1. The van der Waals surface area contributed by atoms with Crippen molar-refractivity contribution in [2.75, 3.05) is 12.3 Å². The predicted molar refractivity (Wildman–Crippen MR) is 85.2 cm³/mol. The van der Waals surface area contributed by atoms with Crippen molar-refractivity contribution in [2.45, 2.75) is 32.6 Å². The minimum Gasteiger partial charge on any atom is -0.494 e. The van der Waals surface area contributed by atoms with Gasteiger partial charge in [-0.3, -0.25) is 0 Å². The summed E-state index contributed by atoms with van der Waals surface area (Å²) < 4.78 is 5.76. The molecule has 2 aromatic rings. The number of hydrogen-bond acceptors (Lipinski definition) is 2. The zero-order chi connectivity index (χ0) is 14.4. The zero-order valence-electron chi connectivity index (χ0n) is 12.3. The molecule has 0 saturated heterocycles. The molecule has 0 aliphatic rings. The van der Waals surface area contributed by atoms with E-state index in [9.17, 15) is 0 Å². The molecule has 2 rings (SSSR count). The van der Waals surface area contributed by atoms with Gasteiger partial charge in [0, 0.05) is 5.69 Å². The Balaban J connectivity index is 1.75. The van der Waals surface area contributed by atoms with Gasteiger partial charge in [-0.25, -0.2) is 0 Å². The summed E-state index contributed by atoms with van der Waals surface area (Å²) in [7, 11) is 0. The summed E-state index contributed by atoms with van der Waals surface area (Å²) in [5, 5.41) is 0. The molecule has 0 saturated carbocycles. The van der Waals surface area contributed by atoms with Crippen molar-refractivity contribution in [3.63, 3.8) is 0 Å². The molecule has 2 heteroatoms. The highest BCUT2D eigenvalue weighted by Crippen LogP contribution is 2.18. The van der Waals surface area contributed by atoms with Gasteiger partial charge in [0.05, 0.1) is 6.61 Å². The third-order valence-corrected chi connectivity index (χ3v) is 3.38. The molecule has 2 N–H and O–H groups in total. The largest absolute Gasteiger partial charge is 0.494 e. The van der Waals surface area contributed by atoms with Crippen LogP contribution < -0.4 is 10.5 Å². The lowest BCUT2D eigenvalue weighted by molar-refractivity contribution is 0.311. The quantitative estimate of drug-likeness (QED) is 0.623. The van der Waals surface area contributed by atoms with Crippen LogP contribution in [0.3, 0.4) is 0 Å². The molecule has 20 heavy (non-hydrogen) atoms. The van der Waals surface area contributed by atoms with Crippen molar-refractivity contribution >= 4 is 5.69 Å². The Kier molecular flexibility index (Phi) is 5.05. The molecule has 0 atom stereocenters. The number of nitrogens with two attached hydrogens (primary N) is 1. The van der Waals surface area contributed by atoms with Crippen molar-refractivity contribution in [2.24, 2.45) is 0 Å². The topological polar surface area (TPSA) is 35.2 Å². The van der Waals surface area contributed by atoms with Crippen molar-refractivity contribution in [1.82, 2.24) is 0 Å². The Morgan fingerprint density at radius 3 is 2.45 bits per heavy atom. The van der Waals surface area contributed by atoms with Crippen molar-refractivity contribution in [1.29, 1.82) is 0 Å². The summed E-state index contributed by atoms with van der Waals surface area (Å²) in [6.45, 7) is 5.12. The molecular weight excluding hydrogens is 246 g/mol. The van der Waals surface area contributed by atoms with Gasteiger partial charge in [-0.1, -0.05) is 38.1 Å². The van der Waals surface area contributed by atoms with Gasteiger partial charge < -0.3 is 10.5 Å². The van der Waals surface area contributed by atoms with E-state index >= 15 is 0 Å². The third kappa shape index (κ3) is 4.30. The number of nitrogen functional groups attached to an aromatic ring is 1. The Morgan fingerprint density at radius 2 is 1.80 bits per heavy atom. The molecule has 0 fully saturated rings. The van der Waals surface area contributed by atoms with Crippen molar-refractivity contribution < 1.29 is 4.74 Å². The van der Waals surface area contributed by atoms with Crippen LogP contribution in [0.5, 0.6) is 5.75 Å². The maximum atomic E-state index is 5.76. The number of anilines is 1. The monoisotopic (exact) mass is 269 g/mol. The molecule has 0 aromatic heterocycles. The van der Waals surface area contributed by atoms with E-state index in [-0.39, 0.29) is 0 Å². The van der Waals surface area contributed by atoms with Crippen LogP contribution in [0.4, 0.5) is 5.69 Å². The van der Waals surface area contributed by atoms with Gasteiger partial charge in [0.2, 0.25) is 0 Å². The number of ether oxygens (including phenoxy) is 1. The third-order valence-electron chi connectivity index (χ3n) is 3.38. The Morgan fingerprint density at radius 1 is 1.05 bits per heavy atom. The molecule has 0 unspecified atom stereocenters. The van der Waals surface area contributed by atoms with E-state index in [0.29, 0.717) is 5.92 Å². The van der Waals surface area contributed by atoms with Gasteiger partial charge in [-0.2, -0.15) is 0 Å². The predicted octanol–water partition coefficient (Wildman–Crippen LogP) is 4.40. The molecule has 106 valence electrons. The van der Waals surface area contributed by atoms with Crippen LogP contribution in [0, 0.1) is 0 Å². The Bertz CT molecular complexity index is 531. The van der Waals surface area contributed by atoms with Crippen LogP contribution in [-0.4, -0.2) is 6.61 Å². The Hall–Kier alpha value is -1.96. The molecule has 2 aromatic carbocycles. The van der Waals surface area contributed by atoms with E-state index in [1.807, 2.05) is 18.2 Å². The summed E-state index contributed by atoms with van der Waals surface area (Å²) >= 11 is 0. The first kappa shape index (κ1) is 14.4. The van der Waals surface area contributed by atoms with Crippen molar-refractivity contribution in [3.8, 4) is 5.75 Å². The van der Waals surface area contributed by atoms with E-state index in [1.54, 1.807) is 0 Å². The number of aryl methyl sites for hydroxylation is 1. The van der Waals surface area contributed by atoms with Crippen LogP contribution in [0.1, 0.15) is 37.3 Å². The molecule has 0 radical (unpaired) electrons. The maximum Gasteiger partial charge on any atom is 0.119 e. The molecular formula is C18H23NO. The summed E-state index contributed by atoms with van der Waals surface area (Å²) in [6, 6.07) is 16.4. The fraction of sp³-hybridized carbons (Fsp3) is 0.333. The van der Waals surface area contributed by atoms with Gasteiger partial charge in [-0.05, 0) is 54.2 Å². The van der Waals surface area contributed by atoms with Gasteiger partial charge >= 0.3 is 0 Å². The molecule has 0 aliphatic heterocycles. The Labute approximate surface area is 121 Å². The van der Waals surface area contributed by atoms with Crippen LogP contribution in [0.2, 0.25) is 0 Å². The standard InChI is InChI=1S/C18H23NO/c1-14(2)16-8-10-18(11-9-16)20-12-4-6-15-5-3-7-17(19)13-15/h3,5,7-11,13-14H,4,6,12,19H2,1-2H3. The molecule has 0 aliphatic carbocycles. The first-order chi connectivity index (χ1) is 9.65. The normalized spacial score (nSPS) is 10.8. The van der Waals surface area contributed by atoms with Crippen LogP contribution in [0.25, 0.3) is 0 Å². The summed E-state index contributed by atoms with van der Waals surface area (Å²) in [5.74, 6) is 1.51. The summed E-state index contributed by atoms with van der Waals surface area (Å²) in [6.07, 6.45) is 1.99. The SMILES string of the molecule is CC(C)c1ccc(OCCCc2cccc(N)c2)cc1. The highest BCUT2D eigenvalue weighted by atomic mass is 16.5. The highest BCUT2D eigenvalue weighted by Gasteiger charge is 2.00. The van der Waals surface area contributed by atoms with Crippen LogP contribution in [-0.2, 0) is 6.42 Å². The fourth-order valence-corrected chi connectivity index (χ4v) is 2.16. The van der Waals surface area contributed by atoms with E-state index in [1.165, 1.54) is 11.1 Å². The summed E-state index contributed by atoms with van der Waals surface area (Å²) in [4.78, 5) is 0. The number of benzene rings is 2. The lowest BCUT2D eigenvalue weighted by Gasteiger charge is -2.09. The zero-order valence-corrected chi connectivity index (χ0v) is 12.3. The van der Waals surface area contributed by atoms with Gasteiger partial charge in [0.15, 0.2) is 0 Å². The second-order valence-corrected chi connectivity index (χ2v) is 5.42. The molecule has 2 nitrogen and oxygen atoms in total. The molecule has 0 amide bonds. The highest BCUT2D eigenvalue weighted by molar-refractivity contribution is 5.40. The average molecular weight is 269 g/mol. The van der Waals surface area contributed by atoms with Crippen LogP contribution in [0.15, 0.2) is 48.5 Å². The molecule has 0 spiro atoms. The minimum absolute atomic E-state index is 0.563. The molecule has 0 bridgehead atoms. The van der Waals surface area contributed by atoms with E-state index in [2.05, 4.69) is 44.2 Å². The lowest BCUT2D eigenvalue weighted by atomic mass is 10.0. The van der Waals surface area contributed by atoms with Gasteiger partial charge in [0.1, 0.15) is 5.75 Å². The maximum absolute atomic E-state index is 5.76. The molecule has 0 heterocycles. The fourth-order valence-electron chi connectivity index (χ4n) is 2.16. The van der Waals surface area contributed by atoms with E-state index in [0.717, 1.165) is 30.9 Å². The average Bonchev–Trinajstić information content (AvgIpc) is 2.44. The van der Waals surface area contributed by atoms with Crippen LogP contribution >= 0.6 is 0 Å². The second-order valence-electron chi connectivity index (χ2n) is 5.42. The smallest absolute Gasteiger partial charge is 0.119 e. The van der Waals surface area contributed by atoms with E-state index < -0.39 is 0 Å². The number of rotatable bonds is 6. The van der Waals surface area contributed by atoms with Gasteiger partial charge in [-0.15, -0.1) is 0 Å². The van der Waals surface area contributed by atoms with Gasteiger partial charge in [0.25, 0.3) is 0 Å². The minimum atomic E-state index is 0.563. The first-order valence-corrected chi connectivity index (χ1v) is 7.22. The second kappa shape index (κ2) is 6.99. The lowest BCUT2D eigenvalue weighted by Crippen LogP contribution is -2.00. The van der Waals surface area contributed by atoms with Crippen molar-refractivity contribution in [3.05, 3.63) is 59.7 Å².